The smallest absolute Gasteiger partial charge is 0.145 e. The molecule has 2 heterocycles. The number of pyridine rings is 1. The first-order valence-electron chi connectivity index (χ1n) is 14.7. The molecule has 0 N–H and O–H groups in total. The minimum atomic E-state index is 0.994. The van der Waals surface area contributed by atoms with E-state index in [2.05, 4.69) is 162 Å². The van der Waals surface area contributed by atoms with Gasteiger partial charge in [-0.3, -0.25) is 4.40 Å². The molecule has 0 atom stereocenters. The summed E-state index contributed by atoms with van der Waals surface area (Å²) in [5.41, 5.74) is 10.5. The van der Waals surface area contributed by atoms with Gasteiger partial charge in [-0.25, -0.2) is 4.98 Å². The predicted octanol–water partition coefficient (Wildman–Crippen LogP) is 10.9. The topological polar surface area (TPSA) is 17.3 Å². The molecule has 7 aromatic carbocycles. The Morgan fingerprint density at radius 1 is 0.372 bits per heavy atom. The van der Waals surface area contributed by atoms with Gasteiger partial charge in [-0.1, -0.05) is 140 Å². The van der Waals surface area contributed by atoms with Crippen LogP contribution in [0.1, 0.15) is 0 Å². The lowest BCUT2D eigenvalue weighted by molar-refractivity contribution is 1.25. The van der Waals surface area contributed by atoms with Crippen molar-refractivity contribution < 1.29 is 0 Å². The zero-order chi connectivity index (χ0) is 28.3. The average molecular weight is 547 g/mol. The van der Waals surface area contributed by atoms with Gasteiger partial charge in [-0.2, -0.15) is 0 Å². The maximum Gasteiger partial charge on any atom is 0.145 e. The molecule has 0 aliphatic rings. The monoisotopic (exact) mass is 546 g/mol. The largest absolute Gasteiger partial charge is 0.298 e. The van der Waals surface area contributed by atoms with Gasteiger partial charge in [0.2, 0.25) is 0 Å². The summed E-state index contributed by atoms with van der Waals surface area (Å²) in [6, 6.07) is 54.5. The molecule has 0 aliphatic carbocycles. The summed E-state index contributed by atoms with van der Waals surface area (Å²) in [6.45, 7) is 0. The van der Waals surface area contributed by atoms with Crippen LogP contribution in [0.2, 0.25) is 0 Å². The first-order chi connectivity index (χ1) is 21.3. The molecule has 43 heavy (non-hydrogen) atoms. The lowest BCUT2D eigenvalue weighted by Crippen LogP contribution is -1.92. The van der Waals surface area contributed by atoms with Crippen LogP contribution in [0.25, 0.3) is 82.4 Å². The van der Waals surface area contributed by atoms with Crippen LogP contribution in [0.15, 0.2) is 158 Å². The average Bonchev–Trinajstić information content (AvgIpc) is 3.46. The van der Waals surface area contributed by atoms with Crippen molar-refractivity contribution in [3.63, 3.8) is 0 Å². The maximum absolute atomic E-state index is 4.98. The number of nitrogens with zero attached hydrogens (tertiary/aromatic N) is 2. The number of benzene rings is 7. The van der Waals surface area contributed by atoms with Crippen LogP contribution < -0.4 is 0 Å². The summed E-state index contributed by atoms with van der Waals surface area (Å²) in [6.07, 6.45) is 2.25. The van der Waals surface area contributed by atoms with E-state index in [0.717, 1.165) is 22.1 Å². The normalized spacial score (nSPS) is 11.7. The Labute approximate surface area is 249 Å². The molecule has 0 unspecified atom stereocenters. The van der Waals surface area contributed by atoms with Crippen molar-refractivity contribution in [2.45, 2.75) is 0 Å². The second-order valence-corrected chi connectivity index (χ2v) is 11.2. The molecule has 0 radical (unpaired) electrons. The highest BCUT2D eigenvalue weighted by molar-refractivity contribution is 6.21. The number of aromatic nitrogens is 2. The van der Waals surface area contributed by atoms with Crippen LogP contribution in [0.4, 0.5) is 0 Å². The van der Waals surface area contributed by atoms with Crippen LogP contribution in [0.3, 0.4) is 0 Å². The van der Waals surface area contributed by atoms with E-state index in [1.165, 1.54) is 60.3 Å². The highest BCUT2D eigenvalue weighted by Crippen LogP contribution is 2.44. The first-order valence-corrected chi connectivity index (χ1v) is 14.7. The molecular weight excluding hydrogens is 520 g/mol. The molecule has 2 nitrogen and oxygen atoms in total. The van der Waals surface area contributed by atoms with Crippen LogP contribution in [0.5, 0.6) is 0 Å². The fraction of sp³-hybridized carbons (Fsp3) is 0. The van der Waals surface area contributed by atoms with Crippen molar-refractivity contribution in [2.24, 2.45) is 0 Å². The minimum Gasteiger partial charge on any atom is -0.298 e. The standard InChI is InChI=1S/C41H26N2/c1-2-12-28(13-3-1)39-31-15-5-7-17-33(31)40(34-18-8-6-16-32(34)39)29-24-22-27(23-25-29)36-26-43-38-21-11-10-20-37(38)42-41(43)35-19-9-4-14-30(35)36/h1-26H. The SMILES string of the molecule is c1ccc(-c2c3ccccc3c(-c3ccc(-c4cn5c6ccccc6nc5c5ccccc45)cc3)c3ccccc23)cc1. The molecule has 9 rings (SSSR count). The molecule has 0 saturated heterocycles. The Kier molecular flexibility index (Phi) is 5.23. The summed E-state index contributed by atoms with van der Waals surface area (Å²) in [5.74, 6) is 0. The molecule has 2 heteroatoms. The van der Waals surface area contributed by atoms with Gasteiger partial charge in [0, 0.05) is 17.1 Å². The van der Waals surface area contributed by atoms with Crippen molar-refractivity contribution in [1.29, 1.82) is 0 Å². The maximum atomic E-state index is 4.98. The van der Waals surface area contributed by atoms with Gasteiger partial charge in [0.15, 0.2) is 0 Å². The fourth-order valence-electron chi connectivity index (χ4n) is 6.88. The summed E-state index contributed by atoms with van der Waals surface area (Å²) < 4.78 is 2.24. The second-order valence-electron chi connectivity index (χ2n) is 11.2. The molecular formula is C41H26N2. The third-order valence-electron chi connectivity index (χ3n) is 8.79. The second kappa shape index (κ2) is 9.40. The van der Waals surface area contributed by atoms with Crippen molar-refractivity contribution in [2.75, 3.05) is 0 Å². The van der Waals surface area contributed by atoms with Gasteiger partial charge in [0.05, 0.1) is 11.0 Å². The zero-order valence-electron chi connectivity index (χ0n) is 23.4. The molecule has 2 aromatic heterocycles. The van der Waals surface area contributed by atoms with Gasteiger partial charge >= 0.3 is 0 Å². The highest BCUT2D eigenvalue weighted by atomic mass is 15.0. The number of hydrogen-bond donors (Lipinski definition) is 0. The third kappa shape index (κ3) is 3.63. The van der Waals surface area contributed by atoms with Crippen molar-refractivity contribution >= 4 is 49.0 Å². The quantitative estimate of drug-likeness (QED) is 0.201. The number of fused-ring (bicyclic) bond motifs is 7. The van der Waals surface area contributed by atoms with Crippen molar-refractivity contribution in [1.82, 2.24) is 9.38 Å². The number of rotatable bonds is 3. The predicted molar refractivity (Wildman–Crippen MR) is 182 cm³/mol. The first kappa shape index (κ1) is 23.9. The molecule has 0 fully saturated rings. The Hall–Kier alpha value is -5.73. The third-order valence-corrected chi connectivity index (χ3v) is 8.79. The van der Waals surface area contributed by atoms with E-state index in [9.17, 15) is 0 Å². The Morgan fingerprint density at radius 2 is 0.837 bits per heavy atom. The molecule has 200 valence electrons. The lowest BCUT2D eigenvalue weighted by atomic mass is 9.85. The molecule has 0 bridgehead atoms. The van der Waals surface area contributed by atoms with E-state index in [1.807, 2.05) is 0 Å². The van der Waals surface area contributed by atoms with Gasteiger partial charge in [0.1, 0.15) is 5.65 Å². The van der Waals surface area contributed by atoms with Gasteiger partial charge < -0.3 is 0 Å². The van der Waals surface area contributed by atoms with Crippen LogP contribution in [0, 0.1) is 0 Å². The number of para-hydroxylation sites is 2. The molecule has 0 saturated carbocycles. The van der Waals surface area contributed by atoms with Crippen LogP contribution in [-0.4, -0.2) is 9.38 Å². The zero-order valence-corrected chi connectivity index (χ0v) is 23.4. The highest BCUT2D eigenvalue weighted by Gasteiger charge is 2.17. The van der Waals surface area contributed by atoms with Gasteiger partial charge in [-0.15, -0.1) is 0 Å². The van der Waals surface area contributed by atoms with E-state index in [0.29, 0.717) is 0 Å². The number of hydrogen-bond acceptors (Lipinski definition) is 1. The van der Waals surface area contributed by atoms with Crippen molar-refractivity contribution in [3.05, 3.63) is 158 Å². The summed E-state index contributed by atoms with van der Waals surface area (Å²) in [7, 11) is 0. The Morgan fingerprint density at radius 3 is 1.47 bits per heavy atom. The van der Waals surface area contributed by atoms with E-state index in [1.54, 1.807) is 0 Å². The lowest BCUT2D eigenvalue weighted by Gasteiger charge is -2.18. The van der Waals surface area contributed by atoms with Crippen molar-refractivity contribution in [3.8, 4) is 33.4 Å². The van der Waals surface area contributed by atoms with E-state index >= 15 is 0 Å². The molecule has 0 spiro atoms. The summed E-state index contributed by atoms with van der Waals surface area (Å²) in [5, 5.41) is 7.45. The Bertz CT molecular complexity index is 2430. The minimum absolute atomic E-state index is 0.994. The van der Waals surface area contributed by atoms with E-state index < -0.39 is 0 Å². The fourth-order valence-corrected chi connectivity index (χ4v) is 6.88. The molecule has 9 aromatic rings. The van der Waals surface area contributed by atoms with E-state index in [-0.39, 0.29) is 0 Å². The van der Waals surface area contributed by atoms with Crippen LogP contribution >= 0.6 is 0 Å². The van der Waals surface area contributed by atoms with Gasteiger partial charge in [0.25, 0.3) is 0 Å². The Balaban J connectivity index is 1.28. The summed E-state index contributed by atoms with van der Waals surface area (Å²) in [4.78, 5) is 4.98. The molecule has 0 amide bonds. The van der Waals surface area contributed by atoms with Crippen LogP contribution in [-0.2, 0) is 0 Å². The summed E-state index contributed by atoms with van der Waals surface area (Å²) >= 11 is 0. The number of imidazole rings is 1. The molecule has 0 aliphatic heterocycles. The van der Waals surface area contributed by atoms with E-state index in [4.69, 9.17) is 4.98 Å². The van der Waals surface area contributed by atoms with Gasteiger partial charge in [-0.05, 0) is 66.9 Å².